The highest BCUT2D eigenvalue weighted by atomic mass is 19.1. The van der Waals surface area contributed by atoms with Gasteiger partial charge in [-0.2, -0.15) is 0 Å². The number of rotatable bonds is 3. The maximum absolute atomic E-state index is 13.0. The van der Waals surface area contributed by atoms with E-state index in [2.05, 4.69) is 0 Å². The number of hydrogen-bond acceptors (Lipinski definition) is 3. The summed E-state index contributed by atoms with van der Waals surface area (Å²) >= 11 is 0. The lowest BCUT2D eigenvalue weighted by atomic mass is 10.1. The Balaban J connectivity index is 2.31. The number of hydrogen-bond donors (Lipinski definition) is 1. The van der Waals surface area contributed by atoms with E-state index in [1.807, 2.05) is 6.07 Å². The quantitative estimate of drug-likeness (QED) is 0.811. The Bertz CT molecular complexity index is 494. The second-order valence-corrected chi connectivity index (χ2v) is 3.44. The molecule has 0 atom stereocenters. The van der Waals surface area contributed by atoms with E-state index in [1.54, 1.807) is 25.3 Å². The molecule has 0 saturated heterocycles. The van der Waals surface area contributed by atoms with Gasteiger partial charge >= 0.3 is 0 Å². The van der Waals surface area contributed by atoms with Crippen LogP contribution in [0.2, 0.25) is 0 Å². The number of furan rings is 1. The first-order chi connectivity index (χ1) is 7.70. The van der Waals surface area contributed by atoms with Gasteiger partial charge in [-0.05, 0) is 30.3 Å². The van der Waals surface area contributed by atoms with Crippen LogP contribution >= 0.6 is 0 Å². The van der Waals surface area contributed by atoms with E-state index in [4.69, 9.17) is 14.9 Å². The topological polar surface area (TPSA) is 48.4 Å². The molecule has 0 spiro atoms. The summed E-state index contributed by atoms with van der Waals surface area (Å²) in [5, 5.41) is 0. The third kappa shape index (κ3) is 2.06. The fourth-order valence-corrected chi connectivity index (χ4v) is 1.45. The zero-order chi connectivity index (χ0) is 11.5. The Morgan fingerprint density at radius 3 is 2.81 bits per heavy atom. The molecule has 0 aliphatic rings. The molecular formula is C12H12FNO2. The smallest absolute Gasteiger partial charge is 0.146 e. The van der Waals surface area contributed by atoms with Crippen molar-refractivity contribution in [1.82, 2.24) is 0 Å². The van der Waals surface area contributed by atoms with Gasteiger partial charge in [0.05, 0.1) is 5.69 Å². The molecule has 0 radical (unpaired) electrons. The lowest BCUT2D eigenvalue weighted by molar-refractivity contribution is 0.165. The van der Waals surface area contributed by atoms with Gasteiger partial charge in [0.25, 0.3) is 0 Å². The minimum absolute atomic E-state index is 0.113. The average molecular weight is 221 g/mol. The molecule has 0 aliphatic carbocycles. The molecule has 4 heteroatoms. The Kier molecular flexibility index (Phi) is 2.92. The van der Waals surface area contributed by atoms with Gasteiger partial charge in [-0.25, -0.2) is 4.39 Å². The zero-order valence-electron chi connectivity index (χ0n) is 8.87. The van der Waals surface area contributed by atoms with E-state index in [0.717, 1.165) is 11.3 Å². The average Bonchev–Trinajstić information content (AvgIpc) is 2.71. The molecule has 2 N–H and O–H groups in total. The molecule has 0 bridgehead atoms. The van der Waals surface area contributed by atoms with Crippen molar-refractivity contribution in [2.45, 2.75) is 6.61 Å². The van der Waals surface area contributed by atoms with E-state index in [-0.39, 0.29) is 5.69 Å². The second-order valence-electron chi connectivity index (χ2n) is 3.44. The second kappa shape index (κ2) is 4.37. The third-order valence-electron chi connectivity index (χ3n) is 2.23. The Hall–Kier alpha value is -1.81. The van der Waals surface area contributed by atoms with Crippen molar-refractivity contribution in [3.05, 3.63) is 41.9 Å². The number of halogens is 1. The fraction of sp³-hybridized carbons (Fsp3) is 0.167. The summed E-state index contributed by atoms with van der Waals surface area (Å²) in [5.74, 6) is 0.951. The van der Waals surface area contributed by atoms with Crippen molar-refractivity contribution < 1.29 is 13.5 Å². The van der Waals surface area contributed by atoms with Crippen molar-refractivity contribution in [3.8, 4) is 11.3 Å². The van der Waals surface area contributed by atoms with Crippen molar-refractivity contribution in [2.24, 2.45) is 0 Å². The van der Waals surface area contributed by atoms with Crippen LogP contribution in [0, 0.1) is 5.82 Å². The van der Waals surface area contributed by atoms with Gasteiger partial charge in [-0.1, -0.05) is 0 Å². The van der Waals surface area contributed by atoms with Crippen LogP contribution in [0.25, 0.3) is 11.3 Å². The molecule has 1 aromatic heterocycles. The van der Waals surface area contributed by atoms with Crippen molar-refractivity contribution in [1.29, 1.82) is 0 Å². The first-order valence-electron chi connectivity index (χ1n) is 4.84. The summed E-state index contributed by atoms with van der Waals surface area (Å²) in [5.41, 5.74) is 6.35. The minimum Gasteiger partial charge on any atom is -0.459 e. The Labute approximate surface area is 92.6 Å². The van der Waals surface area contributed by atoms with Gasteiger partial charge in [0.1, 0.15) is 23.9 Å². The van der Waals surface area contributed by atoms with Crippen LogP contribution in [0.1, 0.15) is 5.76 Å². The van der Waals surface area contributed by atoms with Crippen LogP contribution in [0.5, 0.6) is 0 Å². The standard InChI is InChI=1S/C12H12FNO2/c1-15-7-9-3-5-12(16-9)8-2-4-10(13)11(14)6-8/h2-6H,7,14H2,1H3. The predicted octanol–water partition coefficient (Wildman–Crippen LogP) is 2.81. The molecule has 2 rings (SSSR count). The fourth-order valence-electron chi connectivity index (χ4n) is 1.45. The van der Waals surface area contributed by atoms with Crippen LogP contribution in [0.15, 0.2) is 34.7 Å². The number of nitrogens with two attached hydrogens (primary N) is 1. The van der Waals surface area contributed by atoms with Gasteiger partial charge < -0.3 is 14.9 Å². The number of anilines is 1. The van der Waals surface area contributed by atoms with Crippen molar-refractivity contribution in [2.75, 3.05) is 12.8 Å². The molecule has 1 aromatic carbocycles. The normalized spacial score (nSPS) is 10.6. The lowest BCUT2D eigenvalue weighted by Crippen LogP contribution is -1.90. The van der Waals surface area contributed by atoms with E-state index < -0.39 is 5.82 Å². The summed E-state index contributed by atoms with van der Waals surface area (Å²) in [7, 11) is 1.60. The number of nitrogen functional groups attached to an aromatic ring is 1. The van der Waals surface area contributed by atoms with Gasteiger partial charge in [0, 0.05) is 12.7 Å². The van der Waals surface area contributed by atoms with Crippen LogP contribution in [-0.4, -0.2) is 7.11 Å². The molecule has 16 heavy (non-hydrogen) atoms. The molecule has 0 saturated carbocycles. The van der Waals surface area contributed by atoms with E-state index in [9.17, 15) is 4.39 Å². The number of methoxy groups -OCH3 is 1. The minimum atomic E-state index is -0.424. The lowest BCUT2D eigenvalue weighted by Gasteiger charge is -2.00. The molecule has 1 heterocycles. The third-order valence-corrected chi connectivity index (χ3v) is 2.23. The van der Waals surface area contributed by atoms with Crippen molar-refractivity contribution in [3.63, 3.8) is 0 Å². The van der Waals surface area contributed by atoms with Crippen molar-refractivity contribution >= 4 is 5.69 Å². The highest BCUT2D eigenvalue weighted by Crippen LogP contribution is 2.25. The molecular weight excluding hydrogens is 209 g/mol. The highest BCUT2D eigenvalue weighted by Gasteiger charge is 2.06. The molecule has 0 unspecified atom stereocenters. The summed E-state index contributed by atoms with van der Waals surface area (Å²) in [6, 6.07) is 8.12. The van der Waals surface area contributed by atoms with E-state index in [1.165, 1.54) is 6.07 Å². The summed E-state index contributed by atoms with van der Waals surface area (Å²) in [6.45, 7) is 0.413. The number of benzene rings is 1. The van der Waals surface area contributed by atoms with Gasteiger partial charge in [0.15, 0.2) is 0 Å². The van der Waals surface area contributed by atoms with Gasteiger partial charge in [0.2, 0.25) is 0 Å². The largest absolute Gasteiger partial charge is 0.459 e. The highest BCUT2D eigenvalue weighted by molar-refractivity contribution is 5.63. The summed E-state index contributed by atoms with van der Waals surface area (Å²) in [6.07, 6.45) is 0. The Morgan fingerprint density at radius 2 is 2.12 bits per heavy atom. The first-order valence-corrected chi connectivity index (χ1v) is 4.84. The molecule has 0 fully saturated rings. The Morgan fingerprint density at radius 1 is 1.31 bits per heavy atom. The maximum Gasteiger partial charge on any atom is 0.146 e. The van der Waals surface area contributed by atoms with Gasteiger partial charge in [-0.15, -0.1) is 0 Å². The SMILES string of the molecule is COCc1ccc(-c2ccc(F)c(N)c2)o1. The first kappa shape index (κ1) is 10.7. The van der Waals surface area contributed by atoms with Crippen LogP contribution < -0.4 is 5.73 Å². The monoisotopic (exact) mass is 221 g/mol. The molecule has 0 aliphatic heterocycles. The maximum atomic E-state index is 13.0. The summed E-state index contributed by atoms with van der Waals surface area (Å²) in [4.78, 5) is 0. The van der Waals surface area contributed by atoms with Crippen LogP contribution in [0.4, 0.5) is 10.1 Å². The van der Waals surface area contributed by atoms with Crippen LogP contribution in [-0.2, 0) is 11.3 Å². The number of ether oxygens (including phenoxy) is 1. The zero-order valence-corrected chi connectivity index (χ0v) is 8.87. The van der Waals surface area contributed by atoms with E-state index in [0.29, 0.717) is 12.4 Å². The van der Waals surface area contributed by atoms with Gasteiger partial charge in [-0.3, -0.25) is 0 Å². The molecule has 0 amide bonds. The van der Waals surface area contributed by atoms with E-state index >= 15 is 0 Å². The predicted molar refractivity (Wildman–Crippen MR) is 59.2 cm³/mol. The molecule has 3 nitrogen and oxygen atoms in total. The van der Waals surface area contributed by atoms with Crippen LogP contribution in [0.3, 0.4) is 0 Å². The molecule has 2 aromatic rings. The molecule has 84 valence electrons. The summed E-state index contributed by atoms with van der Waals surface area (Å²) < 4.78 is 23.4.